The Bertz CT molecular complexity index is 899. The molecule has 0 fully saturated rings. The third kappa shape index (κ3) is 5.58. The van der Waals surface area contributed by atoms with Crippen LogP contribution in [-0.2, 0) is 4.79 Å². The van der Waals surface area contributed by atoms with E-state index in [1.165, 1.54) is 0 Å². The number of carbonyl (C=O) groups excluding carboxylic acids is 1. The highest BCUT2D eigenvalue weighted by Crippen LogP contribution is 2.28. The number of anilines is 1. The molecule has 0 aliphatic carbocycles. The largest absolute Gasteiger partial charge is 0.497 e. The first-order valence-corrected chi connectivity index (χ1v) is 9.17. The molecule has 1 N–H and O–H groups in total. The van der Waals surface area contributed by atoms with Crippen LogP contribution in [0, 0.1) is 3.57 Å². The zero-order valence-corrected chi connectivity index (χ0v) is 16.7. The lowest BCUT2D eigenvalue weighted by Gasteiger charge is -2.12. The molecule has 2 aromatic carbocycles. The van der Waals surface area contributed by atoms with Crippen molar-refractivity contribution in [3.8, 4) is 23.1 Å². The zero-order valence-electron chi connectivity index (χ0n) is 14.5. The lowest BCUT2D eigenvalue weighted by atomic mass is 10.3. The minimum atomic E-state index is -0.305. The SMILES string of the molecule is COc1ccc(Oc2ncccc2NC(=O)COc2ccc(I)cc2)cc1. The Morgan fingerprint density at radius 1 is 1.00 bits per heavy atom. The van der Waals surface area contributed by atoms with Gasteiger partial charge in [-0.2, -0.15) is 0 Å². The quantitative estimate of drug-likeness (QED) is 0.509. The van der Waals surface area contributed by atoms with Crippen LogP contribution in [0.15, 0.2) is 66.9 Å². The van der Waals surface area contributed by atoms with Gasteiger partial charge in [0.1, 0.15) is 22.9 Å². The molecule has 6 nitrogen and oxygen atoms in total. The number of aromatic nitrogens is 1. The number of benzene rings is 2. The fourth-order valence-electron chi connectivity index (χ4n) is 2.19. The second-order valence-electron chi connectivity index (χ2n) is 5.42. The Balaban J connectivity index is 1.62. The fraction of sp³-hybridized carbons (Fsp3) is 0.100. The summed E-state index contributed by atoms with van der Waals surface area (Å²) in [5.41, 5.74) is 0.463. The lowest BCUT2D eigenvalue weighted by molar-refractivity contribution is -0.118. The molecule has 0 spiro atoms. The monoisotopic (exact) mass is 476 g/mol. The van der Waals surface area contributed by atoms with Crippen LogP contribution in [-0.4, -0.2) is 24.6 Å². The Hall–Kier alpha value is -2.81. The third-order valence-electron chi connectivity index (χ3n) is 3.50. The third-order valence-corrected chi connectivity index (χ3v) is 4.22. The van der Waals surface area contributed by atoms with Crippen LogP contribution in [0.3, 0.4) is 0 Å². The molecule has 1 heterocycles. The average Bonchev–Trinajstić information content (AvgIpc) is 2.70. The van der Waals surface area contributed by atoms with Crippen molar-refractivity contribution in [2.75, 3.05) is 19.0 Å². The van der Waals surface area contributed by atoms with Gasteiger partial charge in [-0.15, -0.1) is 0 Å². The molecule has 0 saturated heterocycles. The highest BCUT2D eigenvalue weighted by atomic mass is 127. The van der Waals surface area contributed by atoms with E-state index in [1.807, 2.05) is 24.3 Å². The molecule has 3 rings (SSSR count). The first-order chi connectivity index (χ1) is 13.1. The number of nitrogens with one attached hydrogen (secondary N) is 1. The molecule has 138 valence electrons. The van der Waals surface area contributed by atoms with Crippen molar-refractivity contribution < 1.29 is 19.0 Å². The zero-order chi connectivity index (χ0) is 19.1. The maximum atomic E-state index is 12.2. The van der Waals surface area contributed by atoms with Crippen LogP contribution in [0.5, 0.6) is 23.1 Å². The minimum absolute atomic E-state index is 0.114. The Morgan fingerprint density at radius 2 is 1.67 bits per heavy atom. The molecule has 1 amide bonds. The normalized spacial score (nSPS) is 10.1. The molecule has 0 aliphatic rings. The summed E-state index contributed by atoms with van der Waals surface area (Å²) < 4.78 is 17.5. The van der Waals surface area contributed by atoms with Crippen molar-refractivity contribution in [2.24, 2.45) is 0 Å². The number of pyridine rings is 1. The smallest absolute Gasteiger partial charge is 0.262 e. The number of methoxy groups -OCH3 is 1. The molecule has 0 unspecified atom stereocenters. The number of rotatable bonds is 7. The van der Waals surface area contributed by atoms with Crippen molar-refractivity contribution in [1.29, 1.82) is 0 Å². The molecule has 0 saturated carbocycles. The summed E-state index contributed by atoms with van der Waals surface area (Å²) >= 11 is 2.21. The molecule has 0 bridgehead atoms. The molecule has 7 heteroatoms. The standard InChI is InChI=1S/C20H17IN2O4/c1-25-15-8-10-17(11-9-15)27-20-18(3-2-12-22-20)23-19(24)13-26-16-6-4-14(21)5-7-16/h2-12H,13H2,1H3,(H,23,24). The van der Waals surface area contributed by atoms with Crippen LogP contribution in [0.25, 0.3) is 0 Å². The number of ether oxygens (including phenoxy) is 3. The van der Waals surface area contributed by atoms with Crippen LogP contribution in [0.2, 0.25) is 0 Å². The second-order valence-corrected chi connectivity index (χ2v) is 6.67. The van der Waals surface area contributed by atoms with Crippen LogP contribution >= 0.6 is 22.6 Å². The Morgan fingerprint density at radius 3 is 2.37 bits per heavy atom. The second kappa shape index (κ2) is 9.22. The van der Waals surface area contributed by atoms with Gasteiger partial charge in [-0.1, -0.05) is 0 Å². The van der Waals surface area contributed by atoms with Crippen LogP contribution < -0.4 is 19.5 Å². The van der Waals surface area contributed by atoms with Gasteiger partial charge in [0, 0.05) is 9.77 Å². The molecular weight excluding hydrogens is 459 g/mol. The van der Waals surface area contributed by atoms with Crippen molar-refractivity contribution in [1.82, 2.24) is 4.98 Å². The number of hydrogen-bond donors (Lipinski definition) is 1. The van der Waals surface area contributed by atoms with E-state index in [0.717, 1.165) is 9.32 Å². The van der Waals surface area contributed by atoms with E-state index in [1.54, 1.807) is 49.7 Å². The van der Waals surface area contributed by atoms with Crippen molar-refractivity contribution >= 4 is 34.2 Å². The first-order valence-electron chi connectivity index (χ1n) is 8.09. The van der Waals surface area contributed by atoms with Gasteiger partial charge >= 0.3 is 0 Å². The lowest BCUT2D eigenvalue weighted by Crippen LogP contribution is -2.20. The average molecular weight is 476 g/mol. The minimum Gasteiger partial charge on any atom is -0.497 e. The molecule has 1 aromatic heterocycles. The van der Waals surface area contributed by atoms with Gasteiger partial charge in [0.25, 0.3) is 5.91 Å². The summed E-state index contributed by atoms with van der Waals surface area (Å²) in [6.07, 6.45) is 1.59. The van der Waals surface area contributed by atoms with Gasteiger partial charge < -0.3 is 19.5 Å². The number of hydrogen-bond acceptors (Lipinski definition) is 5. The van der Waals surface area contributed by atoms with E-state index in [-0.39, 0.29) is 12.5 Å². The maximum Gasteiger partial charge on any atom is 0.262 e. The predicted octanol–water partition coefficient (Wildman–Crippen LogP) is 4.50. The molecular formula is C20H17IN2O4. The number of carbonyl (C=O) groups is 1. The van der Waals surface area contributed by atoms with Crippen molar-refractivity contribution in [3.63, 3.8) is 0 Å². The van der Waals surface area contributed by atoms with Gasteiger partial charge in [-0.05, 0) is 83.3 Å². The van der Waals surface area contributed by atoms with E-state index < -0.39 is 0 Å². The van der Waals surface area contributed by atoms with Gasteiger partial charge in [0.2, 0.25) is 5.88 Å². The highest BCUT2D eigenvalue weighted by molar-refractivity contribution is 14.1. The summed E-state index contributed by atoms with van der Waals surface area (Å²) in [5, 5.41) is 2.76. The predicted molar refractivity (Wildman–Crippen MR) is 111 cm³/mol. The van der Waals surface area contributed by atoms with E-state index >= 15 is 0 Å². The topological polar surface area (TPSA) is 69.7 Å². The van der Waals surface area contributed by atoms with Gasteiger partial charge in [-0.25, -0.2) is 4.98 Å². The fourth-order valence-corrected chi connectivity index (χ4v) is 2.55. The molecule has 0 radical (unpaired) electrons. The van der Waals surface area contributed by atoms with E-state index in [2.05, 4.69) is 32.9 Å². The van der Waals surface area contributed by atoms with Crippen LogP contribution in [0.4, 0.5) is 5.69 Å². The number of halogens is 1. The number of amides is 1. The molecule has 0 aliphatic heterocycles. The Kier molecular flexibility index (Phi) is 6.48. The Labute approximate surface area is 170 Å². The summed E-state index contributed by atoms with van der Waals surface area (Å²) in [7, 11) is 1.60. The van der Waals surface area contributed by atoms with Crippen molar-refractivity contribution in [3.05, 3.63) is 70.4 Å². The van der Waals surface area contributed by atoms with E-state index in [4.69, 9.17) is 14.2 Å². The molecule has 3 aromatic rings. The van der Waals surface area contributed by atoms with Crippen LogP contribution in [0.1, 0.15) is 0 Å². The number of nitrogens with zero attached hydrogens (tertiary/aromatic N) is 1. The van der Waals surface area contributed by atoms with E-state index in [9.17, 15) is 4.79 Å². The molecule has 0 atom stereocenters. The van der Waals surface area contributed by atoms with Gasteiger partial charge in [-0.3, -0.25) is 4.79 Å². The molecule has 27 heavy (non-hydrogen) atoms. The summed E-state index contributed by atoms with van der Waals surface area (Å²) in [5.74, 6) is 1.93. The van der Waals surface area contributed by atoms with Crippen molar-refractivity contribution in [2.45, 2.75) is 0 Å². The maximum absolute atomic E-state index is 12.2. The first kappa shape index (κ1) is 19.0. The summed E-state index contributed by atoms with van der Waals surface area (Å²) in [4.78, 5) is 16.4. The van der Waals surface area contributed by atoms with Gasteiger partial charge in [0.15, 0.2) is 6.61 Å². The summed E-state index contributed by atoms with van der Waals surface area (Å²) in [6.45, 7) is -0.114. The van der Waals surface area contributed by atoms with Gasteiger partial charge in [0.05, 0.1) is 7.11 Å². The van der Waals surface area contributed by atoms with E-state index in [0.29, 0.717) is 23.1 Å². The highest BCUT2D eigenvalue weighted by Gasteiger charge is 2.11. The summed E-state index contributed by atoms with van der Waals surface area (Å²) in [6, 6.07) is 18.0.